The average molecular weight is 326 g/mol. The Morgan fingerprint density at radius 1 is 1.40 bits per heavy atom. The molecule has 0 radical (unpaired) electrons. The standard InChI is InChI=1S/C11H13F3N2O2S2/c1-20(17,18)5-4-19-7-2-3-9(11(12,13)14)8(6-7)10(15)16/h2-3,6H,4-5H2,1H3,(H3,15,16). The number of rotatable bonds is 5. The molecule has 0 amide bonds. The van der Waals surface area contributed by atoms with Crippen LogP contribution in [0.5, 0.6) is 0 Å². The quantitative estimate of drug-likeness (QED) is 0.493. The summed E-state index contributed by atoms with van der Waals surface area (Å²) < 4.78 is 60.1. The van der Waals surface area contributed by atoms with Crippen molar-refractivity contribution in [2.24, 2.45) is 5.73 Å². The summed E-state index contributed by atoms with van der Waals surface area (Å²) in [7, 11) is -3.12. The maximum atomic E-state index is 12.7. The van der Waals surface area contributed by atoms with Crippen LogP contribution in [-0.2, 0) is 16.0 Å². The molecular formula is C11H13F3N2O2S2. The smallest absolute Gasteiger partial charge is 0.384 e. The van der Waals surface area contributed by atoms with Gasteiger partial charge in [-0.2, -0.15) is 13.2 Å². The van der Waals surface area contributed by atoms with Gasteiger partial charge in [0.15, 0.2) is 0 Å². The van der Waals surface area contributed by atoms with Gasteiger partial charge < -0.3 is 5.73 Å². The normalized spacial score (nSPS) is 12.4. The van der Waals surface area contributed by atoms with Crippen molar-refractivity contribution in [2.45, 2.75) is 11.1 Å². The Labute approximate surface area is 119 Å². The molecule has 0 unspecified atom stereocenters. The molecule has 0 bridgehead atoms. The summed E-state index contributed by atoms with van der Waals surface area (Å²) in [6.07, 6.45) is -3.50. The minimum absolute atomic E-state index is 0.0753. The third-order valence-corrected chi connectivity index (χ3v) is 4.51. The first-order valence-electron chi connectivity index (χ1n) is 5.37. The number of sulfone groups is 1. The molecule has 1 rings (SSSR count). The molecule has 0 saturated carbocycles. The molecule has 0 aliphatic rings. The summed E-state index contributed by atoms with van der Waals surface area (Å²) in [5, 5.41) is 7.20. The molecule has 0 fully saturated rings. The van der Waals surface area contributed by atoms with Gasteiger partial charge in [-0.25, -0.2) is 8.42 Å². The van der Waals surface area contributed by atoms with E-state index >= 15 is 0 Å². The fourth-order valence-corrected chi connectivity index (χ4v) is 3.54. The van der Waals surface area contributed by atoms with Gasteiger partial charge in [0.05, 0.1) is 11.3 Å². The first kappa shape index (κ1) is 16.8. The predicted octanol–water partition coefficient (Wildman–Crippen LogP) is 2.13. The summed E-state index contributed by atoms with van der Waals surface area (Å²) in [4.78, 5) is 0.437. The number of hydrogen-bond acceptors (Lipinski definition) is 4. The summed E-state index contributed by atoms with van der Waals surface area (Å²) >= 11 is 1.10. The third-order valence-electron chi connectivity index (χ3n) is 2.31. The molecule has 9 heteroatoms. The van der Waals surface area contributed by atoms with E-state index in [-0.39, 0.29) is 11.5 Å². The molecule has 0 aliphatic heterocycles. The van der Waals surface area contributed by atoms with Crippen LogP contribution in [0.1, 0.15) is 11.1 Å². The fourth-order valence-electron chi connectivity index (χ4n) is 1.39. The van der Waals surface area contributed by atoms with E-state index < -0.39 is 33.0 Å². The molecule has 0 heterocycles. The minimum Gasteiger partial charge on any atom is -0.384 e. The highest BCUT2D eigenvalue weighted by Crippen LogP contribution is 2.34. The Morgan fingerprint density at radius 2 is 2.00 bits per heavy atom. The van der Waals surface area contributed by atoms with Crippen molar-refractivity contribution in [3.63, 3.8) is 0 Å². The number of hydrogen-bond donors (Lipinski definition) is 2. The molecule has 3 N–H and O–H groups in total. The third kappa shape index (κ3) is 5.04. The van der Waals surface area contributed by atoms with Crippen molar-refractivity contribution in [1.82, 2.24) is 0 Å². The van der Waals surface area contributed by atoms with Crippen molar-refractivity contribution in [1.29, 1.82) is 5.41 Å². The highest BCUT2D eigenvalue weighted by molar-refractivity contribution is 8.00. The van der Waals surface area contributed by atoms with E-state index in [1.165, 1.54) is 6.07 Å². The zero-order valence-electron chi connectivity index (χ0n) is 10.5. The molecule has 0 saturated heterocycles. The minimum atomic E-state index is -4.59. The maximum absolute atomic E-state index is 12.7. The van der Waals surface area contributed by atoms with E-state index in [0.29, 0.717) is 4.90 Å². The van der Waals surface area contributed by atoms with E-state index in [0.717, 1.165) is 30.2 Å². The van der Waals surface area contributed by atoms with Crippen LogP contribution in [0, 0.1) is 5.41 Å². The van der Waals surface area contributed by atoms with Crippen LogP contribution in [0.3, 0.4) is 0 Å². The highest BCUT2D eigenvalue weighted by atomic mass is 32.2. The van der Waals surface area contributed by atoms with Crippen LogP contribution >= 0.6 is 11.8 Å². The molecule has 1 aromatic rings. The van der Waals surface area contributed by atoms with Crippen molar-refractivity contribution < 1.29 is 21.6 Å². The van der Waals surface area contributed by atoms with Crippen LogP contribution in [0.15, 0.2) is 23.1 Å². The van der Waals surface area contributed by atoms with E-state index in [2.05, 4.69) is 0 Å². The molecular weight excluding hydrogens is 313 g/mol. The zero-order valence-corrected chi connectivity index (χ0v) is 12.1. The Hall–Kier alpha value is -1.22. The Balaban J connectivity index is 2.97. The second kappa shape index (κ2) is 6.04. The highest BCUT2D eigenvalue weighted by Gasteiger charge is 2.34. The van der Waals surface area contributed by atoms with Gasteiger partial charge in [0.2, 0.25) is 0 Å². The van der Waals surface area contributed by atoms with Gasteiger partial charge in [0, 0.05) is 22.5 Å². The van der Waals surface area contributed by atoms with E-state index in [1.54, 1.807) is 0 Å². The number of nitrogens with two attached hydrogens (primary N) is 1. The van der Waals surface area contributed by atoms with Crippen LogP contribution in [0.25, 0.3) is 0 Å². The molecule has 1 aromatic carbocycles. The van der Waals surface area contributed by atoms with Gasteiger partial charge in [-0.3, -0.25) is 5.41 Å². The number of alkyl halides is 3. The van der Waals surface area contributed by atoms with Crippen LogP contribution < -0.4 is 5.73 Å². The van der Waals surface area contributed by atoms with Gasteiger partial charge in [-0.05, 0) is 18.2 Å². The predicted molar refractivity (Wildman–Crippen MR) is 72.9 cm³/mol. The second-order valence-electron chi connectivity index (χ2n) is 4.10. The first-order valence-corrected chi connectivity index (χ1v) is 8.41. The van der Waals surface area contributed by atoms with Gasteiger partial charge in [-0.1, -0.05) is 0 Å². The SMILES string of the molecule is CS(=O)(=O)CCSc1ccc(C(F)(F)F)c(C(=N)N)c1. The van der Waals surface area contributed by atoms with Crippen molar-refractivity contribution in [2.75, 3.05) is 17.8 Å². The number of benzene rings is 1. The lowest BCUT2D eigenvalue weighted by molar-refractivity contribution is -0.137. The van der Waals surface area contributed by atoms with E-state index in [4.69, 9.17) is 11.1 Å². The zero-order chi connectivity index (χ0) is 15.6. The topological polar surface area (TPSA) is 84.0 Å². The Kier molecular flexibility index (Phi) is 5.09. The largest absolute Gasteiger partial charge is 0.417 e. The van der Waals surface area contributed by atoms with Gasteiger partial charge in [0.1, 0.15) is 15.7 Å². The summed E-state index contributed by atoms with van der Waals surface area (Å²) in [6, 6.07) is 3.24. The van der Waals surface area contributed by atoms with Crippen molar-refractivity contribution >= 4 is 27.4 Å². The Morgan fingerprint density at radius 3 is 2.45 bits per heavy atom. The summed E-state index contributed by atoms with van der Waals surface area (Å²) in [5.41, 5.74) is 3.78. The molecule has 0 atom stereocenters. The lowest BCUT2D eigenvalue weighted by atomic mass is 10.1. The molecule has 0 aromatic heterocycles. The van der Waals surface area contributed by atoms with Crippen LogP contribution in [0.2, 0.25) is 0 Å². The number of nitrogen functional groups attached to an aromatic ring is 1. The maximum Gasteiger partial charge on any atom is 0.417 e. The van der Waals surface area contributed by atoms with E-state index in [1.807, 2.05) is 0 Å². The molecule has 0 spiro atoms. The fraction of sp³-hybridized carbons (Fsp3) is 0.364. The molecule has 0 aliphatic carbocycles. The van der Waals surface area contributed by atoms with Crippen LogP contribution in [0.4, 0.5) is 13.2 Å². The summed E-state index contributed by atoms with van der Waals surface area (Å²) in [6.45, 7) is 0. The van der Waals surface area contributed by atoms with Crippen molar-refractivity contribution in [3.05, 3.63) is 29.3 Å². The lowest BCUT2D eigenvalue weighted by Crippen LogP contribution is -2.18. The summed E-state index contributed by atoms with van der Waals surface area (Å²) in [5.74, 6) is -0.529. The van der Waals surface area contributed by atoms with Gasteiger partial charge >= 0.3 is 6.18 Å². The first-order chi connectivity index (χ1) is 9.00. The van der Waals surface area contributed by atoms with Crippen molar-refractivity contribution in [3.8, 4) is 0 Å². The number of amidine groups is 1. The molecule has 20 heavy (non-hydrogen) atoms. The molecule has 4 nitrogen and oxygen atoms in total. The Bertz CT molecular complexity index is 613. The van der Waals surface area contributed by atoms with E-state index in [9.17, 15) is 21.6 Å². The van der Waals surface area contributed by atoms with Gasteiger partial charge in [-0.15, -0.1) is 11.8 Å². The van der Waals surface area contributed by atoms with Gasteiger partial charge in [0.25, 0.3) is 0 Å². The second-order valence-corrected chi connectivity index (χ2v) is 7.53. The van der Waals surface area contributed by atoms with Crippen LogP contribution in [-0.4, -0.2) is 32.0 Å². The number of halogens is 3. The lowest BCUT2D eigenvalue weighted by Gasteiger charge is -2.13. The number of thioether (sulfide) groups is 1. The average Bonchev–Trinajstić information content (AvgIpc) is 2.25. The number of nitrogens with one attached hydrogen (secondary N) is 1. The molecule has 112 valence electrons. The monoisotopic (exact) mass is 326 g/mol.